The van der Waals surface area contributed by atoms with Crippen molar-refractivity contribution in [3.8, 4) is 0 Å². The van der Waals surface area contributed by atoms with E-state index in [0.717, 1.165) is 25.7 Å². The summed E-state index contributed by atoms with van der Waals surface area (Å²) in [7, 11) is 0. The van der Waals surface area contributed by atoms with E-state index in [9.17, 15) is 0 Å². The van der Waals surface area contributed by atoms with Crippen molar-refractivity contribution in [2.75, 3.05) is 0 Å². The van der Waals surface area contributed by atoms with Gasteiger partial charge in [0.25, 0.3) is 0 Å². The second-order valence-electron chi connectivity index (χ2n) is 3.90. The lowest BCUT2D eigenvalue weighted by Crippen LogP contribution is -2.00. The molecular formula is C14H20. The highest BCUT2D eigenvalue weighted by atomic mass is 14.1. The van der Waals surface area contributed by atoms with Crippen LogP contribution < -0.4 is 0 Å². The van der Waals surface area contributed by atoms with Gasteiger partial charge in [0.2, 0.25) is 0 Å². The zero-order valence-corrected chi connectivity index (χ0v) is 8.86. The summed E-state index contributed by atoms with van der Waals surface area (Å²) in [6, 6.07) is 0. The molecule has 0 aliphatic heterocycles. The zero-order valence-electron chi connectivity index (χ0n) is 8.86. The van der Waals surface area contributed by atoms with E-state index < -0.39 is 0 Å². The van der Waals surface area contributed by atoms with E-state index in [0.29, 0.717) is 11.8 Å². The molecule has 0 radical (unpaired) electrons. The summed E-state index contributed by atoms with van der Waals surface area (Å²) in [5, 5.41) is 0. The summed E-state index contributed by atoms with van der Waals surface area (Å²) in [4.78, 5) is 0. The summed E-state index contributed by atoms with van der Waals surface area (Å²) in [5.74, 6) is 1.30. The van der Waals surface area contributed by atoms with Crippen molar-refractivity contribution in [2.24, 2.45) is 11.8 Å². The molecule has 0 amide bonds. The van der Waals surface area contributed by atoms with Gasteiger partial charge in [0.1, 0.15) is 0 Å². The van der Waals surface area contributed by atoms with Crippen molar-refractivity contribution in [1.82, 2.24) is 0 Å². The highest BCUT2D eigenvalue weighted by molar-refractivity contribution is 5.04. The first-order valence-corrected chi connectivity index (χ1v) is 5.42. The maximum atomic E-state index is 3.79. The first-order valence-electron chi connectivity index (χ1n) is 5.42. The maximum absolute atomic E-state index is 3.79. The van der Waals surface area contributed by atoms with Crippen LogP contribution in [0.15, 0.2) is 49.6 Å². The first kappa shape index (κ1) is 11.0. The van der Waals surface area contributed by atoms with Gasteiger partial charge in [-0.2, -0.15) is 0 Å². The van der Waals surface area contributed by atoms with Crippen molar-refractivity contribution in [3.05, 3.63) is 49.6 Å². The molecule has 76 valence electrons. The Morgan fingerprint density at radius 1 is 0.929 bits per heavy atom. The fourth-order valence-corrected chi connectivity index (χ4v) is 1.79. The van der Waals surface area contributed by atoms with Gasteiger partial charge in [0, 0.05) is 0 Å². The Bertz CT molecular complexity index is 208. The summed E-state index contributed by atoms with van der Waals surface area (Å²) < 4.78 is 0. The third kappa shape index (κ3) is 3.78. The molecule has 0 fully saturated rings. The fourth-order valence-electron chi connectivity index (χ4n) is 1.79. The van der Waals surface area contributed by atoms with Crippen LogP contribution in [0.3, 0.4) is 0 Å². The lowest BCUT2D eigenvalue weighted by molar-refractivity contribution is 0.619. The van der Waals surface area contributed by atoms with Crippen molar-refractivity contribution < 1.29 is 0 Å². The molecule has 0 saturated carbocycles. The Balaban J connectivity index is 2.54. The smallest absolute Gasteiger partial charge is 0.0164 e. The van der Waals surface area contributed by atoms with Gasteiger partial charge in [-0.25, -0.2) is 0 Å². The van der Waals surface area contributed by atoms with E-state index in [1.165, 1.54) is 0 Å². The summed E-state index contributed by atoms with van der Waals surface area (Å²) in [5.41, 5.74) is 0. The quantitative estimate of drug-likeness (QED) is 0.578. The largest absolute Gasteiger partial charge is 0.103 e. The van der Waals surface area contributed by atoms with Crippen LogP contribution in [0.25, 0.3) is 0 Å². The molecule has 0 aromatic rings. The van der Waals surface area contributed by atoms with Crippen molar-refractivity contribution in [2.45, 2.75) is 25.7 Å². The summed E-state index contributed by atoms with van der Waals surface area (Å²) >= 11 is 0. The molecule has 0 spiro atoms. The predicted octanol–water partition coefficient (Wildman–Crippen LogP) is 4.28. The minimum atomic E-state index is 0.649. The lowest BCUT2D eigenvalue weighted by Gasteiger charge is -2.14. The summed E-state index contributed by atoms with van der Waals surface area (Å²) in [6.07, 6.45) is 17.8. The minimum absolute atomic E-state index is 0.649. The molecule has 1 rings (SSSR count). The Morgan fingerprint density at radius 3 is 1.71 bits per heavy atom. The molecule has 0 aromatic heterocycles. The fraction of sp³-hybridized carbons (Fsp3) is 0.429. The van der Waals surface area contributed by atoms with Gasteiger partial charge in [0.05, 0.1) is 0 Å². The predicted molar refractivity (Wildman–Crippen MR) is 64.1 cm³/mol. The van der Waals surface area contributed by atoms with Gasteiger partial charge in [-0.05, 0) is 37.5 Å². The Morgan fingerprint density at radius 2 is 1.36 bits per heavy atom. The van der Waals surface area contributed by atoms with Crippen LogP contribution >= 0.6 is 0 Å². The topological polar surface area (TPSA) is 0 Å². The minimum Gasteiger partial charge on any atom is -0.103 e. The van der Waals surface area contributed by atoms with Gasteiger partial charge < -0.3 is 0 Å². The third-order valence-electron chi connectivity index (χ3n) is 2.64. The van der Waals surface area contributed by atoms with E-state index in [1.54, 1.807) is 0 Å². The van der Waals surface area contributed by atoms with Crippen LogP contribution in [0, 0.1) is 11.8 Å². The SMILES string of the molecule is C=CCC1C=CC(CC=C)CC=CC1. The second kappa shape index (κ2) is 6.42. The second-order valence-corrected chi connectivity index (χ2v) is 3.90. The van der Waals surface area contributed by atoms with Crippen molar-refractivity contribution in [3.63, 3.8) is 0 Å². The highest BCUT2D eigenvalue weighted by Gasteiger charge is 2.06. The summed E-state index contributed by atoms with van der Waals surface area (Å²) in [6.45, 7) is 7.58. The average molecular weight is 188 g/mol. The van der Waals surface area contributed by atoms with E-state index in [4.69, 9.17) is 0 Å². The molecule has 1 aliphatic rings. The van der Waals surface area contributed by atoms with Gasteiger partial charge in [0.15, 0.2) is 0 Å². The molecule has 1 aliphatic carbocycles. The number of rotatable bonds is 4. The van der Waals surface area contributed by atoms with Crippen molar-refractivity contribution >= 4 is 0 Å². The van der Waals surface area contributed by atoms with E-state index in [1.807, 2.05) is 12.2 Å². The number of hydrogen-bond donors (Lipinski definition) is 0. The van der Waals surface area contributed by atoms with E-state index in [2.05, 4.69) is 37.5 Å². The molecule has 0 nitrogen and oxygen atoms in total. The normalized spacial score (nSPS) is 26.6. The molecule has 2 unspecified atom stereocenters. The molecule has 2 atom stereocenters. The van der Waals surface area contributed by atoms with Crippen LogP contribution in [-0.4, -0.2) is 0 Å². The molecule has 0 bridgehead atoms. The Kier molecular flexibility index (Phi) is 5.06. The number of allylic oxidation sites excluding steroid dienone is 6. The van der Waals surface area contributed by atoms with Gasteiger partial charge >= 0.3 is 0 Å². The number of hydrogen-bond acceptors (Lipinski definition) is 0. The molecule has 0 saturated heterocycles. The molecular weight excluding hydrogens is 168 g/mol. The van der Waals surface area contributed by atoms with Crippen molar-refractivity contribution in [1.29, 1.82) is 0 Å². The molecule has 0 N–H and O–H groups in total. The Hall–Kier alpha value is -1.04. The zero-order chi connectivity index (χ0) is 10.2. The standard InChI is InChI=1S/C14H20/c1-3-7-13-9-5-6-10-14(8-4-2)12-11-13/h3-6,11-14H,1-2,7-10H2. The average Bonchev–Trinajstić information content (AvgIpc) is 2.15. The van der Waals surface area contributed by atoms with Gasteiger partial charge in [-0.3, -0.25) is 0 Å². The monoisotopic (exact) mass is 188 g/mol. The van der Waals surface area contributed by atoms with E-state index in [-0.39, 0.29) is 0 Å². The van der Waals surface area contributed by atoms with Crippen LogP contribution in [0.5, 0.6) is 0 Å². The molecule has 14 heavy (non-hydrogen) atoms. The van der Waals surface area contributed by atoms with E-state index >= 15 is 0 Å². The Labute approximate surface area is 87.7 Å². The molecule has 0 heteroatoms. The van der Waals surface area contributed by atoms with Gasteiger partial charge in [-0.1, -0.05) is 36.5 Å². The first-order chi connectivity index (χ1) is 6.86. The lowest BCUT2D eigenvalue weighted by atomic mass is 9.92. The van der Waals surface area contributed by atoms with Crippen LogP contribution in [0.4, 0.5) is 0 Å². The third-order valence-corrected chi connectivity index (χ3v) is 2.64. The van der Waals surface area contributed by atoms with Crippen LogP contribution in [-0.2, 0) is 0 Å². The van der Waals surface area contributed by atoms with Crippen LogP contribution in [0.2, 0.25) is 0 Å². The molecule has 0 aromatic carbocycles. The van der Waals surface area contributed by atoms with Gasteiger partial charge in [-0.15, -0.1) is 13.2 Å². The molecule has 0 heterocycles. The van der Waals surface area contributed by atoms with Crippen LogP contribution in [0.1, 0.15) is 25.7 Å². The highest BCUT2D eigenvalue weighted by Crippen LogP contribution is 2.20. The maximum Gasteiger partial charge on any atom is -0.0164 e.